The van der Waals surface area contributed by atoms with Gasteiger partial charge in [-0.1, -0.05) is 72.4 Å². The minimum absolute atomic E-state index is 0.771. The smallest absolute Gasteiger partial charge is 0.228 e. The van der Waals surface area contributed by atoms with Crippen LogP contribution in [-0.4, -0.2) is 17.5 Å². The summed E-state index contributed by atoms with van der Waals surface area (Å²) in [6.45, 7) is 0.771. The monoisotopic (exact) mass is 393 g/mol. The van der Waals surface area contributed by atoms with Crippen molar-refractivity contribution in [3.05, 3.63) is 115 Å². The molecule has 0 saturated carbocycles. The summed E-state index contributed by atoms with van der Waals surface area (Å²) in [6, 6.07) is 38.4. The molecule has 0 saturated heterocycles. The molecule has 1 aliphatic rings. The van der Waals surface area contributed by atoms with E-state index >= 15 is 0 Å². The highest BCUT2D eigenvalue weighted by molar-refractivity contribution is 7.99. The van der Waals surface area contributed by atoms with Crippen LogP contribution in [0.5, 0.6) is 0 Å². The maximum absolute atomic E-state index is 2.41. The van der Waals surface area contributed by atoms with E-state index in [1.54, 1.807) is 0 Å². The largest absolute Gasteiger partial charge is 0.284 e. The molecule has 1 heterocycles. The van der Waals surface area contributed by atoms with Gasteiger partial charge in [0.1, 0.15) is 0 Å². The Labute approximate surface area is 175 Å². The lowest BCUT2D eigenvalue weighted by molar-refractivity contribution is -0.434. The predicted octanol–water partition coefficient (Wildman–Crippen LogP) is 6.71. The van der Waals surface area contributed by atoms with Gasteiger partial charge in [0.2, 0.25) is 12.4 Å². The lowest BCUT2D eigenvalue weighted by Gasteiger charge is -2.29. The van der Waals surface area contributed by atoms with E-state index in [0.717, 1.165) is 6.67 Å². The van der Waals surface area contributed by atoms with Crippen molar-refractivity contribution in [2.75, 3.05) is 11.6 Å². The van der Waals surface area contributed by atoms with Gasteiger partial charge in [-0.25, -0.2) is 0 Å². The third-order valence-electron chi connectivity index (χ3n) is 5.02. The first-order valence-corrected chi connectivity index (χ1v) is 10.6. The average molecular weight is 394 g/mol. The molecule has 29 heavy (non-hydrogen) atoms. The van der Waals surface area contributed by atoms with E-state index in [9.17, 15) is 0 Å². The fourth-order valence-corrected chi connectivity index (χ4v) is 4.67. The van der Waals surface area contributed by atoms with E-state index in [4.69, 9.17) is 0 Å². The summed E-state index contributed by atoms with van der Waals surface area (Å²) in [4.78, 5) is 4.93. The molecular formula is C26H21N2S+. The van der Waals surface area contributed by atoms with Crippen molar-refractivity contribution in [2.45, 2.75) is 9.79 Å². The van der Waals surface area contributed by atoms with Gasteiger partial charge in [0, 0.05) is 27.6 Å². The van der Waals surface area contributed by atoms with Crippen LogP contribution >= 0.6 is 11.8 Å². The normalized spacial score (nSPS) is 13.0. The van der Waals surface area contributed by atoms with Crippen molar-refractivity contribution in [3.63, 3.8) is 0 Å². The second-order valence-electron chi connectivity index (χ2n) is 6.95. The highest BCUT2D eigenvalue weighted by Crippen LogP contribution is 2.41. The van der Waals surface area contributed by atoms with Crippen molar-refractivity contribution < 1.29 is 4.58 Å². The molecule has 1 aliphatic heterocycles. The Morgan fingerprint density at radius 1 is 0.655 bits per heavy atom. The first kappa shape index (κ1) is 17.8. The van der Waals surface area contributed by atoms with Crippen LogP contribution in [0, 0.1) is 0 Å². The Bertz CT molecular complexity index is 1140. The van der Waals surface area contributed by atoms with Gasteiger partial charge in [-0.15, -0.1) is 0 Å². The predicted molar refractivity (Wildman–Crippen MR) is 122 cm³/mol. The number of benzene rings is 4. The Morgan fingerprint density at radius 2 is 1.31 bits per heavy atom. The summed E-state index contributed by atoms with van der Waals surface area (Å²) < 4.78 is 2.31. The molecule has 0 aliphatic carbocycles. The molecule has 0 fully saturated rings. The molecule has 4 aromatic rings. The highest BCUT2D eigenvalue weighted by Gasteiger charge is 2.28. The van der Waals surface area contributed by atoms with E-state index in [-0.39, 0.29) is 0 Å². The molecule has 140 valence electrons. The summed E-state index contributed by atoms with van der Waals surface area (Å²) in [5, 5.41) is 0. The first-order valence-electron chi connectivity index (χ1n) is 9.73. The van der Waals surface area contributed by atoms with E-state index < -0.39 is 0 Å². The average Bonchev–Trinajstić information content (AvgIpc) is 2.80. The van der Waals surface area contributed by atoms with E-state index in [1.807, 2.05) is 11.8 Å². The maximum atomic E-state index is 2.41. The number of rotatable bonds is 4. The fourth-order valence-electron chi connectivity index (χ4n) is 3.66. The zero-order valence-electron chi connectivity index (χ0n) is 16.0. The van der Waals surface area contributed by atoms with Crippen LogP contribution in [0.15, 0.2) is 119 Å². The van der Waals surface area contributed by atoms with Gasteiger partial charge >= 0.3 is 0 Å². The van der Waals surface area contributed by atoms with Gasteiger partial charge in [-0.3, -0.25) is 4.90 Å². The van der Waals surface area contributed by atoms with E-state index in [2.05, 4.69) is 125 Å². The van der Waals surface area contributed by atoms with Gasteiger partial charge in [-0.2, -0.15) is 4.58 Å². The molecule has 0 N–H and O–H groups in total. The van der Waals surface area contributed by atoms with Gasteiger partial charge in [0.15, 0.2) is 6.21 Å². The van der Waals surface area contributed by atoms with Crippen molar-refractivity contribution in [1.29, 1.82) is 0 Å². The van der Waals surface area contributed by atoms with Crippen molar-refractivity contribution >= 4 is 35.0 Å². The van der Waals surface area contributed by atoms with Gasteiger partial charge in [-0.05, 0) is 36.4 Å². The molecular weight excluding hydrogens is 372 g/mol. The molecule has 0 atom stereocenters. The third-order valence-corrected chi connectivity index (χ3v) is 6.07. The molecule has 2 nitrogen and oxygen atoms in total. The second-order valence-corrected chi connectivity index (χ2v) is 8.06. The standard InChI is InChI=1S/C26H21N2S/c1-4-12-22(13-5-1)27-19-21-11-10-18-25(29-24-16-8-3-9-17-24)26(21)28(20-27)23-14-6-2-7-15-23/h1-19H,20H2/q+1. The topological polar surface area (TPSA) is 6.25 Å². The SMILES string of the molecule is C1=[N+](c2ccccc2)CN(c2ccccc2)c2c1cccc2Sc1ccccc1. The summed E-state index contributed by atoms with van der Waals surface area (Å²) in [6.07, 6.45) is 2.26. The van der Waals surface area contributed by atoms with Crippen LogP contribution in [0.1, 0.15) is 5.56 Å². The van der Waals surface area contributed by atoms with Gasteiger partial charge in [0.25, 0.3) is 0 Å². The van der Waals surface area contributed by atoms with Crippen LogP contribution in [0.3, 0.4) is 0 Å². The van der Waals surface area contributed by atoms with Crippen molar-refractivity contribution in [2.24, 2.45) is 0 Å². The van der Waals surface area contributed by atoms with Crippen LogP contribution in [0.2, 0.25) is 0 Å². The highest BCUT2D eigenvalue weighted by atomic mass is 32.2. The molecule has 0 bridgehead atoms. The molecule has 0 amide bonds. The summed E-state index contributed by atoms with van der Waals surface area (Å²) >= 11 is 1.82. The van der Waals surface area contributed by atoms with Crippen molar-refractivity contribution in [1.82, 2.24) is 0 Å². The van der Waals surface area contributed by atoms with Crippen LogP contribution in [0.25, 0.3) is 0 Å². The Hall–Kier alpha value is -3.30. The van der Waals surface area contributed by atoms with Crippen molar-refractivity contribution in [3.8, 4) is 0 Å². The number of nitrogens with zero attached hydrogens (tertiary/aromatic N) is 2. The summed E-state index contributed by atoms with van der Waals surface area (Å²) in [7, 11) is 0. The number of hydrogen-bond acceptors (Lipinski definition) is 2. The van der Waals surface area contributed by atoms with Gasteiger partial charge < -0.3 is 0 Å². The zero-order valence-corrected chi connectivity index (χ0v) is 16.8. The number of para-hydroxylation sites is 3. The third kappa shape index (κ3) is 3.69. The van der Waals surface area contributed by atoms with E-state index in [1.165, 1.54) is 32.4 Å². The Kier molecular flexibility index (Phi) is 4.89. The molecule has 4 aromatic carbocycles. The molecule has 0 unspecified atom stereocenters. The Morgan fingerprint density at radius 3 is 2.03 bits per heavy atom. The van der Waals surface area contributed by atoms with Crippen LogP contribution < -0.4 is 4.90 Å². The lowest BCUT2D eigenvalue weighted by atomic mass is 10.1. The second kappa shape index (κ2) is 7.98. The molecule has 0 aromatic heterocycles. The minimum Gasteiger partial charge on any atom is -0.284 e. The summed E-state index contributed by atoms with van der Waals surface area (Å²) in [5.41, 5.74) is 4.88. The first-order chi connectivity index (χ1) is 14.4. The number of fused-ring (bicyclic) bond motifs is 1. The molecule has 5 rings (SSSR count). The quantitative estimate of drug-likeness (QED) is 0.355. The van der Waals surface area contributed by atoms with E-state index in [0.29, 0.717) is 0 Å². The molecule has 0 spiro atoms. The Balaban J connectivity index is 1.65. The molecule has 0 radical (unpaired) electrons. The van der Waals surface area contributed by atoms with Crippen LogP contribution in [-0.2, 0) is 0 Å². The van der Waals surface area contributed by atoms with Crippen LogP contribution in [0.4, 0.5) is 17.1 Å². The summed E-state index contributed by atoms with van der Waals surface area (Å²) in [5.74, 6) is 0. The number of anilines is 2. The lowest BCUT2D eigenvalue weighted by Crippen LogP contribution is -2.32. The fraction of sp³-hybridized carbons (Fsp3) is 0.0385. The maximum Gasteiger partial charge on any atom is 0.228 e. The number of hydrogen-bond donors (Lipinski definition) is 0. The minimum atomic E-state index is 0.771. The zero-order chi connectivity index (χ0) is 19.5. The van der Waals surface area contributed by atoms with Gasteiger partial charge in [0.05, 0.1) is 11.3 Å². The molecule has 3 heteroatoms.